The number of pyridine rings is 1. The standard InChI is InChI=1S/C12H15N3OS/c1-15(8-9-2-6-14-7-3-9)11(16)12(4-5-12)10(13)17/h2-3,6-7H,4-5,8H2,1H3,(H2,13,17). The van der Waals surface area contributed by atoms with Crippen LogP contribution >= 0.6 is 12.2 Å². The van der Waals surface area contributed by atoms with Gasteiger partial charge in [-0.1, -0.05) is 12.2 Å². The summed E-state index contributed by atoms with van der Waals surface area (Å²) in [5.41, 5.74) is 6.13. The molecule has 1 aliphatic rings. The third kappa shape index (κ3) is 2.29. The van der Waals surface area contributed by atoms with E-state index in [0.29, 0.717) is 11.5 Å². The Hall–Kier alpha value is -1.49. The zero-order chi connectivity index (χ0) is 12.5. The molecule has 4 nitrogen and oxygen atoms in total. The Bertz CT molecular complexity index is 442. The highest BCUT2D eigenvalue weighted by molar-refractivity contribution is 7.80. The number of thiocarbonyl (C=S) groups is 1. The highest BCUT2D eigenvalue weighted by Gasteiger charge is 2.53. The number of hydrogen-bond donors (Lipinski definition) is 1. The Morgan fingerprint density at radius 3 is 2.59 bits per heavy atom. The second-order valence-corrected chi connectivity index (χ2v) is 4.90. The average molecular weight is 249 g/mol. The number of aromatic nitrogens is 1. The second-order valence-electron chi connectivity index (χ2n) is 4.46. The number of rotatable bonds is 4. The van der Waals surface area contributed by atoms with Gasteiger partial charge in [-0.15, -0.1) is 0 Å². The van der Waals surface area contributed by atoms with Gasteiger partial charge in [0.25, 0.3) is 0 Å². The van der Waals surface area contributed by atoms with Crippen LogP contribution in [0, 0.1) is 5.41 Å². The molecule has 5 heteroatoms. The summed E-state index contributed by atoms with van der Waals surface area (Å²) in [6.07, 6.45) is 4.99. The highest BCUT2D eigenvalue weighted by atomic mass is 32.1. The minimum Gasteiger partial charge on any atom is -0.392 e. The number of carbonyl (C=O) groups excluding carboxylic acids is 1. The lowest BCUT2D eigenvalue weighted by Gasteiger charge is -2.22. The van der Waals surface area contributed by atoms with E-state index in [1.165, 1.54) is 0 Å². The number of nitrogens with two attached hydrogens (primary N) is 1. The third-order valence-electron chi connectivity index (χ3n) is 3.15. The van der Waals surface area contributed by atoms with Crippen molar-refractivity contribution in [1.29, 1.82) is 0 Å². The molecule has 0 atom stereocenters. The Morgan fingerprint density at radius 2 is 2.12 bits per heavy atom. The molecule has 0 spiro atoms. The van der Waals surface area contributed by atoms with Gasteiger partial charge in [0.05, 0.1) is 10.4 Å². The van der Waals surface area contributed by atoms with Gasteiger partial charge < -0.3 is 10.6 Å². The molecule has 0 unspecified atom stereocenters. The molecule has 1 aromatic heterocycles. The summed E-state index contributed by atoms with van der Waals surface area (Å²) in [5, 5.41) is 0. The van der Waals surface area contributed by atoms with E-state index in [1.807, 2.05) is 12.1 Å². The van der Waals surface area contributed by atoms with Crippen molar-refractivity contribution in [1.82, 2.24) is 9.88 Å². The van der Waals surface area contributed by atoms with Gasteiger partial charge in [0.15, 0.2) is 0 Å². The molecule has 1 amide bonds. The fourth-order valence-corrected chi connectivity index (χ4v) is 2.18. The molecule has 0 aliphatic heterocycles. The molecule has 1 aliphatic carbocycles. The van der Waals surface area contributed by atoms with Crippen molar-refractivity contribution in [2.24, 2.45) is 11.1 Å². The van der Waals surface area contributed by atoms with Crippen LogP contribution in [-0.4, -0.2) is 27.8 Å². The van der Waals surface area contributed by atoms with E-state index in [4.69, 9.17) is 18.0 Å². The molecule has 2 N–H and O–H groups in total. The molecule has 1 aromatic rings. The van der Waals surface area contributed by atoms with Gasteiger partial charge in [-0.3, -0.25) is 9.78 Å². The summed E-state index contributed by atoms with van der Waals surface area (Å²) in [7, 11) is 1.78. The molecule has 1 fully saturated rings. The summed E-state index contributed by atoms with van der Waals surface area (Å²) in [6, 6.07) is 3.79. The monoisotopic (exact) mass is 249 g/mol. The van der Waals surface area contributed by atoms with Crippen molar-refractivity contribution in [2.75, 3.05) is 7.05 Å². The molecule has 90 valence electrons. The van der Waals surface area contributed by atoms with Crippen molar-refractivity contribution in [2.45, 2.75) is 19.4 Å². The molecule has 1 saturated carbocycles. The van der Waals surface area contributed by atoms with Crippen LogP contribution in [0.4, 0.5) is 0 Å². The number of amides is 1. The molecular formula is C12H15N3OS. The lowest BCUT2D eigenvalue weighted by atomic mass is 10.1. The second kappa shape index (κ2) is 4.41. The van der Waals surface area contributed by atoms with E-state index < -0.39 is 5.41 Å². The summed E-state index contributed by atoms with van der Waals surface area (Å²) < 4.78 is 0. The van der Waals surface area contributed by atoms with Gasteiger partial charge in [0.1, 0.15) is 0 Å². The SMILES string of the molecule is CN(Cc1ccncc1)C(=O)C1(C(N)=S)CC1. The lowest BCUT2D eigenvalue weighted by Crippen LogP contribution is -2.40. The maximum Gasteiger partial charge on any atom is 0.235 e. The number of hydrogen-bond acceptors (Lipinski definition) is 3. The van der Waals surface area contributed by atoms with E-state index in [-0.39, 0.29) is 5.91 Å². The van der Waals surface area contributed by atoms with Crippen molar-refractivity contribution in [3.05, 3.63) is 30.1 Å². The van der Waals surface area contributed by atoms with Crippen molar-refractivity contribution >= 4 is 23.1 Å². The van der Waals surface area contributed by atoms with Gasteiger partial charge in [0, 0.05) is 26.0 Å². The van der Waals surface area contributed by atoms with Crippen molar-refractivity contribution in [3.8, 4) is 0 Å². The molecule has 0 saturated heterocycles. The molecular weight excluding hydrogens is 234 g/mol. The van der Waals surface area contributed by atoms with Crippen LogP contribution in [0.15, 0.2) is 24.5 Å². The fraction of sp³-hybridized carbons (Fsp3) is 0.417. The van der Waals surface area contributed by atoms with Gasteiger partial charge in [-0.05, 0) is 30.5 Å². The molecule has 0 radical (unpaired) electrons. The van der Waals surface area contributed by atoms with Crippen LogP contribution in [-0.2, 0) is 11.3 Å². The normalized spacial score (nSPS) is 16.3. The van der Waals surface area contributed by atoms with Crippen LogP contribution in [0.5, 0.6) is 0 Å². The van der Waals surface area contributed by atoms with E-state index in [9.17, 15) is 4.79 Å². The summed E-state index contributed by atoms with van der Waals surface area (Å²) in [6.45, 7) is 0.561. The molecule has 1 heterocycles. The minimum absolute atomic E-state index is 0.0295. The topological polar surface area (TPSA) is 59.2 Å². The quantitative estimate of drug-likeness (QED) is 0.812. The van der Waals surface area contributed by atoms with Crippen LogP contribution in [0.1, 0.15) is 18.4 Å². The zero-order valence-electron chi connectivity index (χ0n) is 9.72. The highest BCUT2D eigenvalue weighted by Crippen LogP contribution is 2.47. The van der Waals surface area contributed by atoms with Gasteiger partial charge in [0.2, 0.25) is 5.91 Å². The van der Waals surface area contributed by atoms with Gasteiger partial charge in [-0.25, -0.2) is 0 Å². The first kappa shape index (κ1) is 12.0. The predicted octanol–water partition coefficient (Wildman–Crippen LogP) is 1.11. The van der Waals surface area contributed by atoms with Crippen LogP contribution in [0.2, 0.25) is 0 Å². The summed E-state index contributed by atoms with van der Waals surface area (Å²) >= 11 is 4.97. The minimum atomic E-state index is -0.558. The Kier molecular flexibility index (Phi) is 3.11. The maximum absolute atomic E-state index is 12.2. The van der Waals surface area contributed by atoms with Crippen LogP contribution in [0.3, 0.4) is 0 Å². The lowest BCUT2D eigenvalue weighted by molar-refractivity contribution is -0.133. The zero-order valence-corrected chi connectivity index (χ0v) is 10.5. The number of carbonyl (C=O) groups is 1. The van der Waals surface area contributed by atoms with E-state index in [1.54, 1.807) is 24.3 Å². The van der Waals surface area contributed by atoms with Gasteiger partial charge >= 0.3 is 0 Å². The number of nitrogens with zero attached hydrogens (tertiary/aromatic N) is 2. The van der Waals surface area contributed by atoms with E-state index in [0.717, 1.165) is 18.4 Å². The molecule has 0 bridgehead atoms. The molecule has 0 aromatic carbocycles. The average Bonchev–Trinajstić information content (AvgIpc) is 3.10. The van der Waals surface area contributed by atoms with Gasteiger partial charge in [-0.2, -0.15) is 0 Å². The largest absolute Gasteiger partial charge is 0.392 e. The Labute approximate surface area is 106 Å². The Morgan fingerprint density at radius 1 is 1.53 bits per heavy atom. The first-order valence-corrected chi connectivity index (χ1v) is 5.91. The first-order chi connectivity index (χ1) is 8.06. The Balaban J connectivity index is 2.04. The smallest absolute Gasteiger partial charge is 0.235 e. The fourth-order valence-electron chi connectivity index (χ4n) is 1.89. The summed E-state index contributed by atoms with van der Waals surface area (Å²) in [4.78, 5) is 18.2. The van der Waals surface area contributed by atoms with E-state index >= 15 is 0 Å². The molecule has 17 heavy (non-hydrogen) atoms. The third-order valence-corrected chi connectivity index (χ3v) is 3.54. The van der Waals surface area contributed by atoms with Crippen molar-refractivity contribution in [3.63, 3.8) is 0 Å². The van der Waals surface area contributed by atoms with E-state index in [2.05, 4.69) is 4.98 Å². The molecule has 2 rings (SSSR count). The predicted molar refractivity (Wildman–Crippen MR) is 69.2 cm³/mol. The maximum atomic E-state index is 12.2. The van der Waals surface area contributed by atoms with Crippen LogP contribution < -0.4 is 5.73 Å². The first-order valence-electron chi connectivity index (χ1n) is 5.51. The summed E-state index contributed by atoms with van der Waals surface area (Å²) in [5.74, 6) is 0.0295. The van der Waals surface area contributed by atoms with Crippen LogP contribution in [0.25, 0.3) is 0 Å². The van der Waals surface area contributed by atoms with Crippen molar-refractivity contribution < 1.29 is 4.79 Å².